The maximum Gasteiger partial charge on any atom is 0.227 e. The molecule has 0 saturated heterocycles. The van der Waals surface area contributed by atoms with Crippen LogP contribution in [0.3, 0.4) is 0 Å². The lowest BCUT2D eigenvalue weighted by molar-refractivity contribution is 0.396. The number of phenolic OH excluding ortho intramolecular Hbond substituents is 2. The standard InChI is InChI=1S/C13H6BrF2NO3/c14-7-3-6(18)4-10-12(7)20-13(17-10)5-1-8(15)11(19)9(16)2-5/h1-4,18-19H. The molecule has 0 fully saturated rings. The second-order valence-corrected chi connectivity index (χ2v) is 4.94. The quantitative estimate of drug-likeness (QED) is 0.703. The van der Waals surface area contributed by atoms with Crippen molar-refractivity contribution < 1.29 is 23.4 Å². The molecule has 0 aliphatic rings. The number of oxazole rings is 1. The zero-order valence-electron chi connectivity index (χ0n) is 9.69. The van der Waals surface area contributed by atoms with Crippen LogP contribution in [0.5, 0.6) is 11.5 Å². The Bertz CT molecular complexity index is 809. The van der Waals surface area contributed by atoms with Crippen LogP contribution in [0, 0.1) is 11.6 Å². The van der Waals surface area contributed by atoms with E-state index in [1.165, 1.54) is 12.1 Å². The number of halogens is 3. The zero-order chi connectivity index (χ0) is 14.4. The molecule has 3 aromatic rings. The molecule has 0 bridgehead atoms. The molecule has 2 N–H and O–H groups in total. The summed E-state index contributed by atoms with van der Waals surface area (Å²) in [7, 11) is 0. The number of hydrogen-bond acceptors (Lipinski definition) is 4. The molecule has 2 aromatic carbocycles. The van der Waals surface area contributed by atoms with Gasteiger partial charge in [0, 0.05) is 11.6 Å². The van der Waals surface area contributed by atoms with Crippen LogP contribution in [-0.2, 0) is 0 Å². The largest absolute Gasteiger partial charge is 0.508 e. The Labute approximate surface area is 119 Å². The summed E-state index contributed by atoms with van der Waals surface area (Å²) >= 11 is 3.19. The van der Waals surface area contributed by atoms with E-state index in [0.29, 0.717) is 15.6 Å². The van der Waals surface area contributed by atoms with E-state index in [0.717, 1.165) is 12.1 Å². The first-order valence-corrected chi connectivity index (χ1v) is 6.22. The summed E-state index contributed by atoms with van der Waals surface area (Å²) in [6.45, 7) is 0. The number of rotatable bonds is 1. The summed E-state index contributed by atoms with van der Waals surface area (Å²) in [6, 6.07) is 4.60. The molecule has 3 rings (SSSR count). The SMILES string of the molecule is Oc1cc(Br)c2oc(-c3cc(F)c(O)c(F)c3)nc2c1. The molecule has 20 heavy (non-hydrogen) atoms. The highest BCUT2D eigenvalue weighted by Crippen LogP contribution is 2.34. The Morgan fingerprint density at radius 1 is 1.05 bits per heavy atom. The van der Waals surface area contributed by atoms with Gasteiger partial charge in [-0.2, -0.15) is 0 Å². The van der Waals surface area contributed by atoms with Crippen molar-refractivity contribution in [1.29, 1.82) is 0 Å². The Hall–Kier alpha value is -2.15. The van der Waals surface area contributed by atoms with Gasteiger partial charge in [0.05, 0.1) is 4.47 Å². The number of hydrogen-bond donors (Lipinski definition) is 2. The average molecular weight is 342 g/mol. The maximum absolute atomic E-state index is 13.3. The van der Waals surface area contributed by atoms with Crippen molar-refractivity contribution in [2.24, 2.45) is 0 Å². The van der Waals surface area contributed by atoms with Crippen LogP contribution in [0.4, 0.5) is 8.78 Å². The predicted octanol–water partition coefficient (Wildman–Crippen LogP) is 3.95. The van der Waals surface area contributed by atoms with Crippen molar-refractivity contribution in [2.45, 2.75) is 0 Å². The van der Waals surface area contributed by atoms with Crippen LogP contribution >= 0.6 is 15.9 Å². The average Bonchev–Trinajstić information content (AvgIpc) is 2.79. The summed E-state index contributed by atoms with van der Waals surface area (Å²) < 4.78 is 32.5. The van der Waals surface area contributed by atoms with Crippen molar-refractivity contribution in [1.82, 2.24) is 4.98 Å². The fraction of sp³-hybridized carbons (Fsp3) is 0. The van der Waals surface area contributed by atoms with Crippen molar-refractivity contribution in [2.75, 3.05) is 0 Å². The second kappa shape index (κ2) is 4.45. The summed E-state index contributed by atoms with van der Waals surface area (Å²) in [6.07, 6.45) is 0. The minimum Gasteiger partial charge on any atom is -0.508 e. The lowest BCUT2D eigenvalue weighted by atomic mass is 10.2. The smallest absolute Gasteiger partial charge is 0.227 e. The number of fused-ring (bicyclic) bond motifs is 1. The molecule has 0 amide bonds. The molecule has 0 aliphatic heterocycles. The lowest BCUT2D eigenvalue weighted by Crippen LogP contribution is -1.86. The molecule has 1 aromatic heterocycles. The summed E-state index contributed by atoms with van der Waals surface area (Å²) in [4.78, 5) is 4.04. The number of aromatic hydroxyl groups is 2. The van der Waals surface area contributed by atoms with E-state index >= 15 is 0 Å². The van der Waals surface area contributed by atoms with E-state index in [1.54, 1.807) is 0 Å². The highest BCUT2D eigenvalue weighted by molar-refractivity contribution is 9.10. The molecule has 7 heteroatoms. The molecule has 0 atom stereocenters. The summed E-state index contributed by atoms with van der Waals surface area (Å²) in [5.74, 6) is -3.31. The van der Waals surface area contributed by atoms with E-state index in [9.17, 15) is 13.9 Å². The van der Waals surface area contributed by atoms with Crippen LogP contribution in [-0.4, -0.2) is 15.2 Å². The molecule has 0 spiro atoms. The third-order valence-electron chi connectivity index (χ3n) is 2.69. The second-order valence-electron chi connectivity index (χ2n) is 4.08. The van der Waals surface area contributed by atoms with Gasteiger partial charge in [-0.05, 0) is 34.1 Å². The Kier molecular flexibility index (Phi) is 2.86. The van der Waals surface area contributed by atoms with Gasteiger partial charge in [0.1, 0.15) is 11.3 Å². The monoisotopic (exact) mass is 341 g/mol. The molecule has 102 valence electrons. The van der Waals surface area contributed by atoms with Crippen molar-refractivity contribution in [3.8, 4) is 23.0 Å². The first kappa shape index (κ1) is 12.9. The van der Waals surface area contributed by atoms with Gasteiger partial charge in [0.15, 0.2) is 23.0 Å². The van der Waals surface area contributed by atoms with Gasteiger partial charge in [-0.25, -0.2) is 13.8 Å². The topological polar surface area (TPSA) is 66.5 Å². The third-order valence-corrected chi connectivity index (χ3v) is 3.28. The van der Waals surface area contributed by atoms with Gasteiger partial charge < -0.3 is 14.6 Å². The van der Waals surface area contributed by atoms with Crippen molar-refractivity contribution in [3.05, 3.63) is 40.4 Å². The zero-order valence-corrected chi connectivity index (χ0v) is 11.3. The maximum atomic E-state index is 13.3. The highest BCUT2D eigenvalue weighted by atomic mass is 79.9. The third kappa shape index (κ3) is 2.00. The van der Waals surface area contributed by atoms with Gasteiger partial charge in [-0.1, -0.05) is 0 Å². The first-order valence-electron chi connectivity index (χ1n) is 5.43. The fourth-order valence-corrected chi connectivity index (χ4v) is 2.31. The van der Waals surface area contributed by atoms with Gasteiger partial charge in [0.2, 0.25) is 5.89 Å². The van der Waals surface area contributed by atoms with Crippen LogP contribution < -0.4 is 0 Å². The minimum atomic E-state index is -1.11. The predicted molar refractivity (Wildman–Crippen MR) is 70.4 cm³/mol. The Morgan fingerprint density at radius 2 is 1.70 bits per heavy atom. The fourth-order valence-electron chi connectivity index (χ4n) is 1.79. The van der Waals surface area contributed by atoms with Gasteiger partial charge >= 0.3 is 0 Å². The number of aromatic nitrogens is 1. The van der Waals surface area contributed by atoms with E-state index in [1.807, 2.05) is 0 Å². The van der Waals surface area contributed by atoms with Gasteiger partial charge in [-0.15, -0.1) is 0 Å². The first-order chi connectivity index (χ1) is 9.45. The molecule has 0 aliphatic carbocycles. The van der Waals surface area contributed by atoms with E-state index in [4.69, 9.17) is 9.52 Å². The van der Waals surface area contributed by atoms with Crippen LogP contribution in [0.15, 0.2) is 33.2 Å². The summed E-state index contributed by atoms with van der Waals surface area (Å²) in [5.41, 5.74) is 0.716. The number of nitrogens with zero attached hydrogens (tertiary/aromatic N) is 1. The molecular formula is C13H6BrF2NO3. The Morgan fingerprint density at radius 3 is 2.35 bits per heavy atom. The number of benzene rings is 2. The summed E-state index contributed by atoms with van der Waals surface area (Å²) in [5, 5.41) is 18.5. The van der Waals surface area contributed by atoms with Gasteiger partial charge in [-0.3, -0.25) is 0 Å². The molecular weight excluding hydrogens is 336 g/mol. The van der Waals surface area contributed by atoms with Crippen LogP contribution in [0.1, 0.15) is 0 Å². The van der Waals surface area contributed by atoms with Gasteiger partial charge in [0.25, 0.3) is 0 Å². The van der Waals surface area contributed by atoms with E-state index < -0.39 is 17.4 Å². The molecule has 0 radical (unpaired) electrons. The minimum absolute atomic E-state index is 0.0210. The van der Waals surface area contributed by atoms with Crippen LogP contribution in [0.25, 0.3) is 22.6 Å². The molecule has 0 saturated carbocycles. The van der Waals surface area contributed by atoms with Crippen molar-refractivity contribution >= 4 is 27.0 Å². The van der Waals surface area contributed by atoms with E-state index in [2.05, 4.69) is 20.9 Å². The number of phenols is 2. The van der Waals surface area contributed by atoms with E-state index in [-0.39, 0.29) is 17.2 Å². The van der Waals surface area contributed by atoms with Crippen molar-refractivity contribution in [3.63, 3.8) is 0 Å². The normalized spacial score (nSPS) is 11.2. The van der Waals surface area contributed by atoms with Crippen LogP contribution in [0.2, 0.25) is 0 Å². The molecule has 1 heterocycles. The highest BCUT2D eigenvalue weighted by Gasteiger charge is 2.16. The molecule has 4 nitrogen and oxygen atoms in total. The lowest BCUT2D eigenvalue weighted by Gasteiger charge is -2.00. The Balaban J connectivity index is 2.22. The molecule has 0 unspecified atom stereocenters.